The number of fused-ring (bicyclic) bond motifs is 3. The van der Waals surface area contributed by atoms with Gasteiger partial charge in [-0.3, -0.25) is 0 Å². The van der Waals surface area contributed by atoms with Gasteiger partial charge < -0.3 is 9.72 Å². The minimum Gasteiger partial charge on any atom is -0.495 e. The fraction of sp³-hybridized carbons (Fsp3) is 0.333. The molecule has 1 aromatic heterocycles. The molecule has 0 fully saturated rings. The van der Waals surface area contributed by atoms with Crippen LogP contribution in [-0.2, 0) is 22.9 Å². The molecule has 0 saturated heterocycles. The first-order valence-corrected chi connectivity index (χ1v) is 10.6. The molecule has 4 rings (SSSR count). The summed E-state index contributed by atoms with van der Waals surface area (Å²) in [5.74, 6) is 0.384. The average molecular weight is 385 g/mol. The minimum atomic E-state index is -3.67. The van der Waals surface area contributed by atoms with Crippen molar-refractivity contribution in [3.8, 4) is 5.75 Å². The van der Waals surface area contributed by atoms with Gasteiger partial charge in [-0.2, -0.15) is 0 Å². The number of para-hydroxylation sites is 1. The molecule has 27 heavy (non-hydrogen) atoms. The van der Waals surface area contributed by atoms with Crippen LogP contribution in [0.2, 0.25) is 0 Å². The van der Waals surface area contributed by atoms with Gasteiger partial charge in [-0.15, -0.1) is 0 Å². The van der Waals surface area contributed by atoms with Crippen molar-refractivity contribution < 1.29 is 13.2 Å². The van der Waals surface area contributed by atoms with Crippen molar-refractivity contribution in [3.05, 3.63) is 58.8 Å². The second-order valence-electron chi connectivity index (χ2n) is 7.28. The van der Waals surface area contributed by atoms with Gasteiger partial charge in [0, 0.05) is 22.6 Å². The first-order valence-electron chi connectivity index (χ1n) is 9.15. The monoisotopic (exact) mass is 384 g/mol. The van der Waals surface area contributed by atoms with E-state index in [0.717, 1.165) is 29.5 Å². The summed E-state index contributed by atoms with van der Waals surface area (Å²) in [6.45, 7) is 3.86. The van der Waals surface area contributed by atoms with E-state index in [1.807, 2.05) is 26.0 Å². The van der Waals surface area contributed by atoms with Gasteiger partial charge >= 0.3 is 0 Å². The highest BCUT2D eigenvalue weighted by Gasteiger charge is 2.28. The van der Waals surface area contributed by atoms with Crippen LogP contribution in [0.4, 0.5) is 0 Å². The summed E-state index contributed by atoms with van der Waals surface area (Å²) in [7, 11) is -2.16. The molecule has 1 aliphatic carbocycles. The van der Waals surface area contributed by atoms with Crippen molar-refractivity contribution in [3.63, 3.8) is 0 Å². The first kappa shape index (κ1) is 18.1. The highest BCUT2D eigenvalue weighted by Crippen LogP contribution is 2.31. The van der Waals surface area contributed by atoms with E-state index in [-0.39, 0.29) is 10.9 Å². The van der Waals surface area contributed by atoms with E-state index in [9.17, 15) is 8.42 Å². The van der Waals surface area contributed by atoms with Crippen LogP contribution >= 0.6 is 0 Å². The molecule has 1 atom stereocenters. The van der Waals surface area contributed by atoms with E-state index in [4.69, 9.17) is 4.74 Å². The molecule has 0 radical (unpaired) electrons. The molecule has 1 unspecified atom stereocenters. The topological polar surface area (TPSA) is 71.2 Å². The second-order valence-corrected chi connectivity index (χ2v) is 8.96. The zero-order valence-electron chi connectivity index (χ0n) is 15.8. The van der Waals surface area contributed by atoms with Crippen molar-refractivity contribution in [2.45, 2.75) is 44.0 Å². The van der Waals surface area contributed by atoms with Gasteiger partial charge in [-0.1, -0.05) is 18.2 Å². The summed E-state index contributed by atoms with van der Waals surface area (Å²) in [6.07, 6.45) is 2.29. The smallest absolute Gasteiger partial charge is 0.244 e. The predicted octanol–water partition coefficient (Wildman–Crippen LogP) is 3.63. The molecule has 5 nitrogen and oxygen atoms in total. The lowest BCUT2D eigenvalue weighted by Crippen LogP contribution is -2.38. The summed E-state index contributed by atoms with van der Waals surface area (Å²) in [6, 6.07) is 11.5. The van der Waals surface area contributed by atoms with E-state index < -0.39 is 10.0 Å². The SMILES string of the molecule is COc1cc(C)c(C)cc1S(=O)(=O)NC1CCc2[nH]c3ccccc3c2C1. The van der Waals surface area contributed by atoms with Gasteiger partial charge in [0.25, 0.3) is 0 Å². The molecular formula is C21H24N2O3S. The third-order valence-electron chi connectivity index (χ3n) is 5.49. The van der Waals surface area contributed by atoms with Crippen molar-refractivity contribution >= 4 is 20.9 Å². The number of hydrogen-bond acceptors (Lipinski definition) is 3. The Kier molecular flexibility index (Phi) is 4.48. The van der Waals surface area contributed by atoms with Crippen LogP contribution < -0.4 is 9.46 Å². The van der Waals surface area contributed by atoms with Crippen LogP contribution in [0.1, 0.15) is 28.8 Å². The molecule has 1 aliphatic rings. The summed E-state index contributed by atoms with van der Waals surface area (Å²) >= 11 is 0. The molecular weight excluding hydrogens is 360 g/mol. The van der Waals surface area contributed by atoms with Gasteiger partial charge in [-0.25, -0.2) is 13.1 Å². The maximum atomic E-state index is 13.1. The zero-order chi connectivity index (χ0) is 19.2. The molecule has 3 aromatic rings. The Labute approximate surface area is 159 Å². The molecule has 0 saturated carbocycles. The van der Waals surface area contributed by atoms with Crippen LogP contribution in [0, 0.1) is 13.8 Å². The van der Waals surface area contributed by atoms with Gasteiger partial charge in [0.2, 0.25) is 10.0 Å². The van der Waals surface area contributed by atoms with Crippen molar-refractivity contribution in [2.24, 2.45) is 0 Å². The van der Waals surface area contributed by atoms with E-state index in [1.165, 1.54) is 23.8 Å². The normalized spacial score (nSPS) is 17.1. The van der Waals surface area contributed by atoms with Crippen molar-refractivity contribution in [1.82, 2.24) is 9.71 Å². The molecule has 142 valence electrons. The van der Waals surface area contributed by atoms with E-state index in [0.29, 0.717) is 12.2 Å². The van der Waals surface area contributed by atoms with Crippen LogP contribution in [0.5, 0.6) is 5.75 Å². The van der Waals surface area contributed by atoms with E-state index in [2.05, 4.69) is 21.8 Å². The molecule has 0 bridgehead atoms. The molecule has 1 heterocycles. The largest absolute Gasteiger partial charge is 0.495 e. The quantitative estimate of drug-likeness (QED) is 0.722. The predicted molar refractivity (Wildman–Crippen MR) is 107 cm³/mol. The number of ether oxygens (including phenoxy) is 1. The van der Waals surface area contributed by atoms with E-state index in [1.54, 1.807) is 12.1 Å². The summed E-state index contributed by atoms with van der Waals surface area (Å²) < 4.78 is 34.4. The number of aromatic nitrogens is 1. The Hall–Kier alpha value is -2.31. The van der Waals surface area contributed by atoms with Gasteiger partial charge in [0.05, 0.1) is 7.11 Å². The highest BCUT2D eigenvalue weighted by molar-refractivity contribution is 7.89. The maximum absolute atomic E-state index is 13.1. The van der Waals surface area contributed by atoms with Gasteiger partial charge in [0.15, 0.2) is 0 Å². The lowest BCUT2D eigenvalue weighted by Gasteiger charge is -2.24. The minimum absolute atomic E-state index is 0.131. The number of sulfonamides is 1. The Morgan fingerprint density at radius 2 is 1.89 bits per heavy atom. The number of rotatable bonds is 4. The Morgan fingerprint density at radius 3 is 2.67 bits per heavy atom. The Bertz CT molecular complexity index is 1120. The Balaban J connectivity index is 1.64. The van der Waals surface area contributed by atoms with Crippen LogP contribution in [0.25, 0.3) is 10.9 Å². The number of nitrogens with one attached hydrogen (secondary N) is 2. The molecule has 0 aliphatic heterocycles. The van der Waals surface area contributed by atoms with Crippen LogP contribution in [0.3, 0.4) is 0 Å². The lowest BCUT2D eigenvalue weighted by atomic mass is 9.92. The first-order chi connectivity index (χ1) is 12.9. The number of hydrogen-bond donors (Lipinski definition) is 2. The van der Waals surface area contributed by atoms with E-state index >= 15 is 0 Å². The lowest BCUT2D eigenvalue weighted by molar-refractivity contribution is 0.401. The molecule has 2 N–H and O–H groups in total. The summed E-state index contributed by atoms with van der Waals surface area (Å²) in [4.78, 5) is 3.67. The maximum Gasteiger partial charge on any atom is 0.244 e. The number of H-pyrrole nitrogens is 1. The van der Waals surface area contributed by atoms with Gasteiger partial charge in [0.1, 0.15) is 10.6 Å². The molecule has 2 aromatic carbocycles. The third kappa shape index (κ3) is 3.24. The fourth-order valence-electron chi connectivity index (χ4n) is 3.89. The van der Waals surface area contributed by atoms with Crippen molar-refractivity contribution in [2.75, 3.05) is 7.11 Å². The number of aryl methyl sites for hydroxylation is 3. The summed E-state index contributed by atoms with van der Waals surface area (Å²) in [5.41, 5.74) is 5.49. The third-order valence-corrected chi connectivity index (χ3v) is 7.03. The fourth-order valence-corrected chi connectivity index (χ4v) is 5.39. The number of methoxy groups -OCH3 is 1. The standard InChI is InChI=1S/C21H24N2O3S/c1-13-10-20(26-3)21(11-14(13)2)27(24,25)23-15-8-9-19-17(12-15)16-6-4-5-7-18(16)22-19/h4-7,10-11,15,22-23H,8-9,12H2,1-3H3. The van der Waals surface area contributed by atoms with Crippen LogP contribution in [-0.4, -0.2) is 26.6 Å². The molecule has 6 heteroatoms. The average Bonchev–Trinajstić information content (AvgIpc) is 3.01. The highest BCUT2D eigenvalue weighted by atomic mass is 32.2. The zero-order valence-corrected chi connectivity index (χ0v) is 16.6. The van der Waals surface area contributed by atoms with Crippen LogP contribution in [0.15, 0.2) is 41.3 Å². The van der Waals surface area contributed by atoms with Gasteiger partial charge in [-0.05, 0) is 68.0 Å². The summed E-state index contributed by atoms with van der Waals surface area (Å²) in [5, 5.41) is 1.18. The number of aromatic amines is 1. The molecule has 0 amide bonds. The second kappa shape index (κ2) is 6.69. The van der Waals surface area contributed by atoms with Crippen molar-refractivity contribution in [1.29, 1.82) is 0 Å². The Morgan fingerprint density at radius 1 is 1.15 bits per heavy atom. The molecule has 0 spiro atoms. The number of benzene rings is 2.